The van der Waals surface area contributed by atoms with Crippen LogP contribution in [0.4, 0.5) is 0 Å². The van der Waals surface area contributed by atoms with Crippen molar-refractivity contribution in [2.75, 3.05) is 59.6 Å². The number of carbonyl (C=O) groups is 7. The third kappa shape index (κ3) is 21.9. The number of amides is 7. The van der Waals surface area contributed by atoms with Crippen LogP contribution in [0, 0.1) is 5.92 Å². The minimum Gasteiger partial charge on any atom is -0.691 e. The molecule has 97 heavy (non-hydrogen) atoms. The first-order valence-electron chi connectivity index (χ1n) is 32.0. The average Bonchev–Trinajstić information content (AvgIpc) is 1.67. The summed E-state index contributed by atoms with van der Waals surface area (Å²) < 4.78 is 20.3. The molecule has 1 aromatic heterocycles. The number of aliphatic hydroxyl groups excluding tert-OH is 6. The number of hydrogen-bond donors (Lipinski definition) is 14. The molecule has 5 heterocycles. The average molecular weight is 1400 g/mol. The number of β-amino-alcohol motifs (C(OH)–C–C–N with tert-alkyl or cyclic N) is 1. The molecule has 7 amide bonds. The summed E-state index contributed by atoms with van der Waals surface area (Å²) in [4.78, 5) is 104. The zero-order chi connectivity index (χ0) is 69.0. The minimum absolute atomic E-state index is 0. The Labute approximate surface area is 591 Å². The quantitative estimate of drug-likeness (QED) is 0.00925. The van der Waals surface area contributed by atoms with Gasteiger partial charge in [-0.3, -0.25) is 38.6 Å². The molecule has 4 aliphatic heterocycles. The molecule has 0 radical (unpaired) electrons. The monoisotopic (exact) mass is 1400 g/mol. The third-order valence-electron chi connectivity index (χ3n) is 17.3. The van der Waals surface area contributed by atoms with Crippen LogP contribution in [-0.4, -0.2) is 236 Å². The number of benzene rings is 3. The number of hydrogen-bond acceptors (Lipinski definition) is 26. The third-order valence-corrected chi connectivity index (χ3v) is 18.7. The number of fused-ring (bicyclic) bond motifs is 2. The summed E-state index contributed by atoms with van der Waals surface area (Å²) >= 11 is 1.33. The first kappa shape index (κ1) is 78.1. The molecule has 13 atom stereocenters. The number of carbonyl (C=O) groups excluding carboxylic acids is 7. The van der Waals surface area contributed by atoms with E-state index in [9.17, 15) is 69.8 Å². The number of methoxy groups -OCH3 is 1. The molecule has 31 nitrogen and oxygen atoms in total. The standard InChI is InChI=1S/C63H87N11O20S2.Na/c1-34-32-74-53(54(34)81)59(86)66-31-41(76)29-44(67-55(82)37-10-12-38(13-11-37)60-71-72-61(95-60)39-14-16-43(17-15-39)91-26-8-6-4-5-7-25-90-3)56(83)68-50(35(2)75)62(87)73-33-42(77)30-45(73)57(84)69-51(48(80)27-36-9-18-46(78)49(28-36)92-96-94-93-89)58(85)70-52(63(74)88)47(79)21-24-65-40-19-22-64-23-20-40;/h9-18,28,34-35,40-42,44-45,47-48,50-54,64-65,75-81,89H,4-8,19-27,29-33H2,1-3H3,(H,66,86)(H,67,82)(H,68,83)(H,69,84)(H,70,85);/q;+1/p-1/t34-,35+,41+,42+,44+,45+,47-,48-,50+,51+,52+,53+,54+;/m1./s1. The van der Waals surface area contributed by atoms with E-state index >= 15 is 4.79 Å². The predicted octanol–water partition coefficient (Wildman–Crippen LogP) is -4.60. The van der Waals surface area contributed by atoms with Crippen LogP contribution in [0.5, 0.6) is 17.2 Å². The van der Waals surface area contributed by atoms with E-state index in [1.165, 1.54) is 35.6 Å². The number of nitrogens with one attached hydrogen (secondary N) is 7. The summed E-state index contributed by atoms with van der Waals surface area (Å²) in [6.45, 7) is 4.07. The van der Waals surface area contributed by atoms with Gasteiger partial charge in [0.05, 0.1) is 43.2 Å². The van der Waals surface area contributed by atoms with Crippen molar-refractivity contribution in [3.05, 3.63) is 77.9 Å². The van der Waals surface area contributed by atoms with Gasteiger partial charge in [0.1, 0.15) is 52.0 Å². The SMILES string of the molecule is COCCCCCCCOc1ccc(-c2nnc(-c3ccc(C(=O)N[C@H]4C[C@H](O)CNC(=O)[C@@H]5[C@@H](O)[C@H](C)CN5C(=O)[C@H]([C@H](O)CCNC5CCNCC5)NC(=O)[C@H]([C@H](O)Cc5ccc(O)c(OSOO[O-])c5)NC(=O)[C@@H]5C[C@H](O)CN5C(=O)[C@H]([C@H](C)O)NC4=O)cc3)s2)cc1.[Na+]. The molecule has 0 aliphatic carbocycles. The second-order valence-corrected chi connectivity index (χ2v) is 25.9. The Balaban J connectivity index is 0.0000133. The molecule has 4 saturated heterocycles. The van der Waals surface area contributed by atoms with Gasteiger partial charge in [0.25, 0.3) is 18.2 Å². The van der Waals surface area contributed by atoms with Gasteiger partial charge in [0.15, 0.2) is 11.5 Å². The molecular formula is C63H86N11NaO20S2. The van der Waals surface area contributed by atoms with Crippen LogP contribution in [0.15, 0.2) is 66.7 Å². The Morgan fingerprint density at radius 1 is 0.763 bits per heavy atom. The van der Waals surface area contributed by atoms with Crippen LogP contribution < -0.4 is 81.0 Å². The molecule has 0 bridgehead atoms. The van der Waals surface area contributed by atoms with E-state index in [-0.39, 0.29) is 84.3 Å². The Kier molecular flexibility index (Phi) is 30.9. The van der Waals surface area contributed by atoms with Gasteiger partial charge in [-0.15, -0.1) is 14.5 Å². The zero-order valence-electron chi connectivity index (χ0n) is 54.4. The summed E-state index contributed by atoms with van der Waals surface area (Å²) in [7, 11) is 1.70. The van der Waals surface area contributed by atoms with Gasteiger partial charge in [-0.05, 0) is 113 Å². The van der Waals surface area contributed by atoms with E-state index in [1.54, 1.807) is 26.2 Å². The van der Waals surface area contributed by atoms with Crippen molar-refractivity contribution in [3.63, 3.8) is 0 Å². The van der Waals surface area contributed by atoms with Gasteiger partial charge in [0.2, 0.25) is 35.4 Å². The first-order chi connectivity index (χ1) is 46.1. The van der Waals surface area contributed by atoms with E-state index in [0.717, 1.165) is 98.7 Å². The zero-order valence-corrected chi connectivity index (χ0v) is 58.0. The molecule has 0 spiro atoms. The van der Waals surface area contributed by atoms with Gasteiger partial charge in [-0.25, -0.2) is 0 Å². The topological polar surface area (TPSA) is 447 Å². The smallest absolute Gasteiger partial charge is 0.691 e. The number of aromatic hydroxyl groups is 1. The van der Waals surface area contributed by atoms with Crippen LogP contribution in [-0.2, 0) is 49.3 Å². The van der Waals surface area contributed by atoms with E-state index in [0.29, 0.717) is 22.2 Å². The van der Waals surface area contributed by atoms with Crippen LogP contribution in [0.1, 0.15) is 94.0 Å². The Bertz CT molecular complexity index is 3230. The van der Waals surface area contributed by atoms with Crippen LogP contribution in [0.2, 0.25) is 0 Å². The fourth-order valence-electron chi connectivity index (χ4n) is 11.9. The van der Waals surface area contributed by atoms with Crippen molar-refractivity contribution >= 4 is 65.0 Å². The van der Waals surface area contributed by atoms with Gasteiger partial charge >= 0.3 is 29.6 Å². The largest absolute Gasteiger partial charge is 1.00 e. The van der Waals surface area contributed by atoms with Crippen LogP contribution in [0.3, 0.4) is 0 Å². The van der Waals surface area contributed by atoms with Crippen molar-refractivity contribution in [1.29, 1.82) is 0 Å². The van der Waals surface area contributed by atoms with Crippen molar-refractivity contribution in [3.8, 4) is 38.4 Å². The molecule has 0 saturated carbocycles. The number of aromatic nitrogens is 2. The fourth-order valence-corrected chi connectivity index (χ4v) is 13.1. The van der Waals surface area contributed by atoms with E-state index in [2.05, 4.69) is 56.8 Å². The number of piperidine rings is 1. The summed E-state index contributed by atoms with van der Waals surface area (Å²) in [6, 6.07) is 6.15. The molecule has 34 heteroatoms. The van der Waals surface area contributed by atoms with Gasteiger partial charge in [-0.1, -0.05) is 55.7 Å². The molecule has 8 rings (SSSR count). The summed E-state index contributed by atoms with van der Waals surface area (Å²) in [6.07, 6.45) is -5.29. The van der Waals surface area contributed by atoms with Gasteiger partial charge < -0.3 is 102 Å². The summed E-state index contributed by atoms with van der Waals surface area (Å²) in [5.74, 6) is -8.51. The van der Waals surface area contributed by atoms with Crippen molar-refractivity contribution < 1.29 is 127 Å². The van der Waals surface area contributed by atoms with E-state index in [1.807, 2.05) is 24.3 Å². The van der Waals surface area contributed by atoms with Crippen molar-refractivity contribution in [2.24, 2.45) is 5.92 Å². The Morgan fingerprint density at radius 2 is 1.40 bits per heavy atom. The normalized spacial score (nSPS) is 25.1. The maximum absolute atomic E-state index is 15.1. The maximum Gasteiger partial charge on any atom is 1.00 e. The number of phenolic OH excluding ortho intramolecular Hbond substituents is 1. The molecule has 526 valence electrons. The predicted molar refractivity (Wildman–Crippen MR) is 343 cm³/mol. The number of ether oxygens (including phenoxy) is 2. The van der Waals surface area contributed by atoms with E-state index < -0.39 is 158 Å². The Hall–Kier alpha value is -6.22. The molecule has 0 unspecified atom stereocenters. The molecule has 3 aromatic carbocycles. The molecule has 14 N–H and O–H groups in total. The van der Waals surface area contributed by atoms with Gasteiger partial charge in [0, 0.05) is 81.3 Å². The van der Waals surface area contributed by atoms with Crippen LogP contribution >= 0.6 is 23.7 Å². The fraction of sp³-hybridized carbons (Fsp3) is 0.571. The van der Waals surface area contributed by atoms with Crippen LogP contribution in [0.25, 0.3) is 21.1 Å². The minimum atomic E-state index is -2.10. The second kappa shape index (κ2) is 38.4. The molecule has 4 aliphatic rings. The van der Waals surface area contributed by atoms with Crippen molar-refractivity contribution in [1.82, 2.24) is 57.2 Å². The molecular weight excluding hydrogens is 1320 g/mol. The maximum atomic E-state index is 15.1. The number of rotatable bonds is 26. The van der Waals surface area contributed by atoms with Crippen molar-refractivity contribution in [2.45, 2.75) is 163 Å². The summed E-state index contributed by atoms with van der Waals surface area (Å²) in [5.41, 5.74) is 1.55. The first-order valence-corrected chi connectivity index (χ1v) is 33.5. The van der Waals surface area contributed by atoms with E-state index in [4.69, 9.17) is 13.7 Å². The molecule has 4 fully saturated rings. The number of aliphatic hydroxyl groups is 6. The summed E-state index contributed by atoms with van der Waals surface area (Å²) in [5, 5.41) is 123. The number of phenols is 1. The van der Waals surface area contributed by atoms with Gasteiger partial charge in [-0.2, -0.15) is 0 Å². The number of nitrogens with zero attached hydrogens (tertiary/aromatic N) is 4. The second-order valence-electron chi connectivity index (χ2n) is 24.5. The Morgan fingerprint density at radius 3 is 2.07 bits per heavy atom. The number of unbranched alkanes of at least 4 members (excludes halogenated alkanes) is 4. The molecule has 4 aromatic rings.